The van der Waals surface area contributed by atoms with Crippen molar-refractivity contribution in [3.63, 3.8) is 0 Å². The highest BCUT2D eigenvalue weighted by Crippen LogP contribution is 2.21. The van der Waals surface area contributed by atoms with E-state index < -0.39 is 0 Å². The van der Waals surface area contributed by atoms with E-state index in [2.05, 4.69) is 55.6 Å². The molecule has 1 atom stereocenters. The molecule has 0 aromatic heterocycles. The van der Waals surface area contributed by atoms with E-state index in [0.29, 0.717) is 6.04 Å². The molecule has 1 unspecified atom stereocenters. The molecule has 2 aromatic rings. The van der Waals surface area contributed by atoms with Crippen LogP contribution >= 0.6 is 0 Å². The summed E-state index contributed by atoms with van der Waals surface area (Å²) < 4.78 is 5.30. The van der Waals surface area contributed by atoms with Gasteiger partial charge in [-0.3, -0.25) is 0 Å². The highest BCUT2D eigenvalue weighted by atomic mass is 16.5. The summed E-state index contributed by atoms with van der Waals surface area (Å²) in [5, 5.41) is 3.56. The van der Waals surface area contributed by atoms with Gasteiger partial charge in [0, 0.05) is 6.04 Å². The average molecular weight is 269 g/mol. The van der Waals surface area contributed by atoms with Gasteiger partial charge in [-0.05, 0) is 43.1 Å². The number of nitrogens with one attached hydrogen (secondary N) is 1. The lowest BCUT2D eigenvalue weighted by atomic mass is 9.98. The molecule has 0 saturated heterocycles. The van der Waals surface area contributed by atoms with E-state index in [0.717, 1.165) is 18.7 Å². The fourth-order valence-corrected chi connectivity index (χ4v) is 2.39. The molecule has 2 heteroatoms. The molecule has 2 rings (SSSR count). The van der Waals surface area contributed by atoms with E-state index in [1.54, 1.807) is 7.11 Å². The van der Waals surface area contributed by atoms with Crippen molar-refractivity contribution in [3.8, 4) is 5.75 Å². The first-order valence-electron chi connectivity index (χ1n) is 7.15. The van der Waals surface area contributed by atoms with Crippen LogP contribution in [0.2, 0.25) is 0 Å². The Labute approximate surface area is 121 Å². The van der Waals surface area contributed by atoms with Crippen molar-refractivity contribution in [2.45, 2.75) is 26.3 Å². The van der Waals surface area contributed by atoms with Crippen molar-refractivity contribution in [2.24, 2.45) is 0 Å². The number of ether oxygens (including phenoxy) is 1. The standard InChI is InChI=1S/C18H23NO/c1-4-19-18(16-10-8-14(2)9-11-16)13-15-6-5-7-17(12-15)20-3/h5-12,18-19H,4,13H2,1-3H3. The van der Waals surface area contributed by atoms with Crippen molar-refractivity contribution in [1.29, 1.82) is 0 Å². The first-order valence-corrected chi connectivity index (χ1v) is 7.15. The Morgan fingerprint density at radius 1 is 1.10 bits per heavy atom. The summed E-state index contributed by atoms with van der Waals surface area (Å²) in [4.78, 5) is 0. The van der Waals surface area contributed by atoms with Crippen LogP contribution in [0.5, 0.6) is 5.75 Å². The van der Waals surface area contributed by atoms with Crippen molar-refractivity contribution < 1.29 is 4.74 Å². The van der Waals surface area contributed by atoms with Crippen molar-refractivity contribution in [2.75, 3.05) is 13.7 Å². The van der Waals surface area contributed by atoms with E-state index in [1.807, 2.05) is 12.1 Å². The summed E-state index contributed by atoms with van der Waals surface area (Å²) in [7, 11) is 1.71. The van der Waals surface area contributed by atoms with E-state index in [-0.39, 0.29) is 0 Å². The van der Waals surface area contributed by atoms with E-state index in [9.17, 15) is 0 Å². The molecule has 0 bridgehead atoms. The van der Waals surface area contributed by atoms with Crippen LogP contribution in [0.4, 0.5) is 0 Å². The molecular formula is C18H23NO. The normalized spacial score (nSPS) is 12.2. The number of likely N-dealkylation sites (N-methyl/N-ethyl adjacent to an activating group) is 1. The average Bonchev–Trinajstić information content (AvgIpc) is 2.48. The van der Waals surface area contributed by atoms with Gasteiger partial charge in [0.25, 0.3) is 0 Å². The Hall–Kier alpha value is -1.80. The zero-order valence-electron chi connectivity index (χ0n) is 12.5. The molecule has 0 saturated carbocycles. The van der Waals surface area contributed by atoms with Gasteiger partial charge < -0.3 is 10.1 Å². The maximum Gasteiger partial charge on any atom is 0.119 e. The van der Waals surface area contributed by atoms with Crippen LogP contribution in [-0.4, -0.2) is 13.7 Å². The third-order valence-corrected chi connectivity index (χ3v) is 3.50. The SMILES string of the molecule is CCNC(Cc1cccc(OC)c1)c1ccc(C)cc1. The Morgan fingerprint density at radius 2 is 1.85 bits per heavy atom. The van der Waals surface area contributed by atoms with Gasteiger partial charge in [0.2, 0.25) is 0 Å². The second-order valence-corrected chi connectivity index (χ2v) is 5.08. The quantitative estimate of drug-likeness (QED) is 0.859. The van der Waals surface area contributed by atoms with Gasteiger partial charge in [-0.25, -0.2) is 0 Å². The molecule has 0 aliphatic rings. The van der Waals surface area contributed by atoms with Crippen LogP contribution in [-0.2, 0) is 6.42 Å². The lowest BCUT2D eigenvalue weighted by Crippen LogP contribution is -2.22. The second-order valence-electron chi connectivity index (χ2n) is 5.08. The molecule has 0 radical (unpaired) electrons. The first-order chi connectivity index (χ1) is 9.72. The highest BCUT2D eigenvalue weighted by Gasteiger charge is 2.11. The van der Waals surface area contributed by atoms with Crippen molar-refractivity contribution in [1.82, 2.24) is 5.32 Å². The van der Waals surface area contributed by atoms with Gasteiger partial charge in [0.1, 0.15) is 5.75 Å². The Kier molecular flexibility index (Phi) is 5.19. The largest absolute Gasteiger partial charge is 0.497 e. The molecule has 0 aliphatic heterocycles. The molecule has 1 N–H and O–H groups in total. The molecule has 106 valence electrons. The molecule has 2 nitrogen and oxygen atoms in total. The number of aryl methyl sites for hydroxylation is 1. The maximum atomic E-state index is 5.30. The van der Waals surface area contributed by atoms with Gasteiger partial charge in [-0.15, -0.1) is 0 Å². The van der Waals surface area contributed by atoms with Crippen LogP contribution in [0.15, 0.2) is 48.5 Å². The second kappa shape index (κ2) is 7.11. The minimum absolute atomic E-state index is 0.340. The van der Waals surface area contributed by atoms with Gasteiger partial charge in [0.05, 0.1) is 7.11 Å². The smallest absolute Gasteiger partial charge is 0.119 e. The molecule has 0 amide bonds. The van der Waals surface area contributed by atoms with E-state index in [1.165, 1.54) is 16.7 Å². The Morgan fingerprint density at radius 3 is 2.50 bits per heavy atom. The lowest BCUT2D eigenvalue weighted by molar-refractivity contribution is 0.414. The van der Waals surface area contributed by atoms with E-state index >= 15 is 0 Å². The Balaban J connectivity index is 2.18. The monoisotopic (exact) mass is 269 g/mol. The minimum Gasteiger partial charge on any atom is -0.497 e. The number of benzene rings is 2. The predicted octanol–water partition coefficient (Wildman–Crippen LogP) is 3.90. The van der Waals surface area contributed by atoms with Gasteiger partial charge in [-0.1, -0.05) is 48.9 Å². The lowest BCUT2D eigenvalue weighted by Gasteiger charge is -2.19. The minimum atomic E-state index is 0.340. The van der Waals surface area contributed by atoms with Crippen LogP contribution in [0, 0.1) is 6.92 Å². The van der Waals surface area contributed by atoms with Crippen LogP contribution in [0.1, 0.15) is 29.7 Å². The third-order valence-electron chi connectivity index (χ3n) is 3.50. The number of rotatable bonds is 6. The highest BCUT2D eigenvalue weighted by molar-refractivity contribution is 5.31. The first kappa shape index (κ1) is 14.6. The van der Waals surface area contributed by atoms with Crippen molar-refractivity contribution in [3.05, 3.63) is 65.2 Å². The molecule has 2 aromatic carbocycles. The van der Waals surface area contributed by atoms with Crippen LogP contribution in [0.3, 0.4) is 0 Å². The number of hydrogen-bond donors (Lipinski definition) is 1. The zero-order valence-corrected chi connectivity index (χ0v) is 12.5. The summed E-state index contributed by atoms with van der Waals surface area (Å²) in [5.74, 6) is 0.918. The Bertz CT molecular complexity index is 533. The molecule has 0 fully saturated rings. The summed E-state index contributed by atoms with van der Waals surface area (Å²) in [6.45, 7) is 5.23. The molecule has 0 aliphatic carbocycles. The summed E-state index contributed by atoms with van der Waals surface area (Å²) in [6, 6.07) is 17.4. The topological polar surface area (TPSA) is 21.3 Å². The zero-order chi connectivity index (χ0) is 14.4. The summed E-state index contributed by atoms with van der Waals surface area (Å²) in [5.41, 5.74) is 3.92. The van der Waals surface area contributed by atoms with Gasteiger partial charge in [-0.2, -0.15) is 0 Å². The van der Waals surface area contributed by atoms with Gasteiger partial charge in [0.15, 0.2) is 0 Å². The molecule has 20 heavy (non-hydrogen) atoms. The molecular weight excluding hydrogens is 246 g/mol. The summed E-state index contributed by atoms with van der Waals surface area (Å²) in [6.07, 6.45) is 0.966. The third kappa shape index (κ3) is 3.84. The van der Waals surface area contributed by atoms with Crippen LogP contribution in [0.25, 0.3) is 0 Å². The number of hydrogen-bond acceptors (Lipinski definition) is 2. The molecule has 0 spiro atoms. The van der Waals surface area contributed by atoms with Crippen molar-refractivity contribution >= 4 is 0 Å². The van der Waals surface area contributed by atoms with E-state index in [4.69, 9.17) is 4.74 Å². The van der Waals surface area contributed by atoms with Crippen LogP contribution < -0.4 is 10.1 Å². The maximum absolute atomic E-state index is 5.30. The van der Waals surface area contributed by atoms with Gasteiger partial charge >= 0.3 is 0 Å². The predicted molar refractivity (Wildman–Crippen MR) is 84.3 cm³/mol. The summed E-state index contributed by atoms with van der Waals surface area (Å²) >= 11 is 0. The fourth-order valence-electron chi connectivity index (χ4n) is 2.39. The molecule has 0 heterocycles. The fraction of sp³-hybridized carbons (Fsp3) is 0.333. The number of methoxy groups -OCH3 is 1.